The van der Waals surface area contributed by atoms with Gasteiger partial charge in [0, 0.05) is 18.3 Å². The van der Waals surface area contributed by atoms with Crippen LogP contribution in [0.15, 0.2) is 18.2 Å². The first-order valence-electron chi connectivity index (χ1n) is 7.68. The smallest absolute Gasteiger partial charge is 0.319 e. The SMILES string of the molecule is C[C@H]1CCCC[C@H]1OCCNC(=O)Nc1ccc(F)c(F)c1. The van der Waals surface area contributed by atoms with Crippen LogP contribution in [0.1, 0.15) is 32.6 Å². The highest BCUT2D eigenvalue weighted by Crippen LogP contribution is 2.25. The zero-order chi connectivity index (χ0) is 15.9. The van der Waals surface area contributed by atoms with Crippen LogP contribution in [0.5, 0.6) is 0 Å². The molecule has 2 rings (SSSR count). The molecule has 0 radical (unpaired) electrons. The number of amides is 2. The van der Waals surface area contributed by atoms with Crippen molar-refractivity contribution in [1.29, 1.82) is 0 Å². The zero-order valence-electron chi connectivity index (χ0n) is 12.7. The topological polar surface area (TPSA) is 50.4 Å². The van der Waals surface area contributed by atoms with Crippen LogP contribution in [0.25, 0.3) is 0 Å². The summed E-state index contributed by atoms with van der Waals surface area (Å²) in [5.41, 5.74) is 0.207. The van der Waals surface area contributed by atoms with Crippen LogP contribution in [0.3, 0.4) is 0 Å². The Kier molecular flexibility index (Phi) is 6.12. The van der Waals surface area contributed by atoms with Crippen molar-refractivity contribution < 1.29 is 18.3 Å². The largest absolute Gasteiger partial charge is 0.376 e. The van der Waals surface area contributed by atoms with Gasteiger partial charge in [-0.3, -0.25) is 0 Å². The van der Waals surface area contributed by atoms with Gasteiger partial charge in [0.15, 0.2) is 11.6 Å². The molecule has 0 unspecified atom stereocenters. The third kappa shape index (κ3) is 4.94. The van der Waals surface area contributed by atoms with E-state index in [1.54, 1.807) is 0 Å². The third-order valence-corrected chi connectivity index (χ3v) is 3.93. The van der Waals surface area contributed by atoms with E-state index in [1.165, 1.54) is 25.3 Å². The second-order valence-electron chi connectivity index (χ2n) is 5.68. The van der Waals surface area contributed by atoms with Gasteiger partial charge in [-0.1, -0.05) is 19.8 Å². The van der Waals surface area contributed by atoms with Crippen LogP contribution in [-0.2, 0) is 4.74 Å². The summed E-state index contributed by atoms with van der Waals surface area (Å²) in [5.74, 6) is -1.38. The fraction of sp³-hybridized carbons (Fsp3) is 0.562. The first kappa shape index (κ1) is 16.7. The van der Waals surface area contributed by atoms with Gasteiger partial charge in [-0.05, 0) is 30.9 Å². The molecule has 1 aliphatic rings. The highest BCUT2D eigenvalue weighted by atomic mass is 19.2. The van der Waals surface area contributed by atoms with E-state index >= 15 is 0 Å². The standard InChI is InChI=1S/C16H22F2N2O2/c1-11-4-2-3-5-15(11)22-9-8-19-16(21)20-12-6-7-13(17)14(18)10-12/h6-7,10-11,15H,2-5,8-9H2,1H3,(H2,19,20,21)/t11-,15+/m0/s1. The van der Waals surface area contributed by atoms with E-state index < -0.39 is 17.7 Å². The Labute approximate surface area is 129 Å². The van der Waals surface area contributed by atoms with E-state index in [0.717, 1.165) is 18.6 Å². The Hall–Kier alpha value is -1.69. The predicted molar refractivity (Wildman–Crippen MR) is 80.8 cm³/mol. The maximum atomic E-state index is 13.0. The average Bonchev–Trinajstić information content (AvgIpc) is 2.49. The lowest BCUT2D eigenvalue weighted by Gasteiger charge is -2.28. The molecular weight excluding hydrogens is 290 g/mol. The molecule has 122 valence electrons. The second kappa shape index (κ2) is 8.08. The normalized spacial score (nSPS) is 21.4. The molecular formula is C16H22F2N2O2. The maximum absolute atomic E-state index is 13.0. The quantitative estimate of drug-likeness (QED) is 0.815. The summed E-state index contributed by atoms with van der Waals surface area (Å²) in [5, 5.41) is 5.07. The van der Waals surface area contributed by atoms with Crippen molar-refractivity contribution in [2.75, 3.05) is 18.5 Å². The predicted octanol–water partition coefficient (Wildman–Crippen LogP) is 3.68. The van der Waals surface area contributed by atoms with E-state index in [2.05, 4.69) is 17.6 Å². The number of nitrogens with one attached hydrogen (secondary N) is 2. The van der Waals surface area contributed by atoms with Crippen LogP contribution in [0.2, 0.25) is 0 Å². The summed E-state index contributed by atoms with van der Waals surface area (Å²) in [6.45, 7) is 3.01. The number of carbonyl (C=O) groups is 1. The van der Waals surface area contributed by atoms with Crippen LogP contribution in [0.4, 0.5) is 19.3 Å². The van der Waals surface area contributed by atoms with Gasteiger partial charge in [0.25, 0.3) is 0 Å². The van der Waals surface area contributed by atoms with E-state index in [1.807, 2.05) is 0 Å². The molecule has 2 amide bonds. The Morgan fingerprint density at radius 3 is 2.77 bits per heavy atom. The summed E-state index contributed by atoms with van der Waals surface area (Å²) < 4.78 is 31.6. The number of carbonyl (C=O) groups excluding carboxylic acids is 1. The summed E-state index contributed by atoms with van der Waals surface area (Å²) in [7, 11) is 0. The molecule has 0 aliphatic heterocycles. The lowest BCUT2D eigenvalue weighted by Crippen LogP contribution is -2.34. The lowest BCUT2D eigenvalue weighted by molar-refractivity contribution is -0.00232. The minimum Gasteiger partial charge on any atom is -0.376 e. The van der Waals surface area contributed by atoms with E-state index in [-0.39, 0.29) is 11.8 Å². The fourth-order valence-corrected chi connectivity index (χ4v) is 2.65. The monoisotopic (exact) mass is 312 g/mol. The van der Waals surface area contributed by atoms with Gasteiger partial charge in [0.2, 0.25) is 0 Å². The summed E-state index contributed by atoms with van der Waals surface area (Å²) in [4.78, 5) is 11.6. The molecule has 1 aliphatic carbocycles. The molecule has 2 atom stereocenters. The molecule has 22 heavy (non-hydrogen) atoms. The Balaban J connectivity index is 1.66. The van der Waals surface area contributed by atoms with Crippen molar-refractivity contribution in [1.82, 2.24) is 5.32 Å². The fourth-order valence-electron chi connectivity index (χ4n) is 2.65. The minimum absolute atomic E-state index is 0.207. The third-order valence-electron chi connectivity index (χ3n) is 3.93. The Morgan fingerprint density at radius 2 is 2.05 bits per heavy atom. The van der Waals surface area contributed by atoms with Gasteiger partial charge in [0.05, 0.1) is 12.7 Å². The number of rotatable bonds is 5. The molecule has 6 heteroatoms. The van der Waals surface area contributed by atoms with E-state index in [9.17, 15) is 13.6 Å². The molecule has 0 aromatic heterocycles. The average molecular weight is 312 g/mol. The molecule has 2 N–H and O–H groups in total. The van der Waals surface area contributed by atoms with Gasteiger partial charge in [-0.2, -0.15) is 0 Å². The van der Waals surface area contributed by atoms with Gasteiger partial charge in [-0.25, -0.2) is 13.6 Å². The van der Waals surface area contributed by atoms with Crippen molar-refractivity contribution >= 4 is 11.7 Å². The molecule has 1 saturated carbocycles. The number of benzene rings is 1. The number of ether oxygens (including phenoxy) is 1. The van der Waals surface area contributed by atoms with E-state index in [4.69, 9.17) is 4.74 Å². The summed E-state index contributed by atoms with van der Waals surface area (Å²) in [6, 6.07) is 2.75. The van der Waals surface area contributed by atoms with Gasteiger partial charge < -0.3 is 15.4 Å². The lowest BCUT2D eigenvalue weighted by atomic mass is 9.88. The van der Waals surface area contributed by atoms with Crippen LogP contribution in [0, 0.1) is 17.6 Å². The van der Waals surface area contributed by atoms with Crippen molar-refractivity contribution in [2.45, 2.75) is 38.7 Å². The molecule has 0 heterocycles. The van der Waals surface area contributed by atoms with Gasteiger partial charge in [0.1, 0.15) is 0 Å². The summed E-state index contributed by atoms with van der Waals surface area (Å²) in [6.07, 6.45) is 4.98. The molecule has 0 bridgehead atoms. The van der Waals surface area contributed by atoms with Crippen LogP contribution in [-0.4, -0.2) is 25.3 Å². The molecule has 0 spiro atoms. The maximum Gasteiger partial charge on any atom is 0.319 e. The van der Waals surface area contributed by atoms with Crippen LogP contribution < -0.4 is 10.6 Å². The van der Waals surface area contributed by atoms with Crippen LogP contribution >= 0.6 is 0 Å². The molecule has 1 aromatic rings. The van der Waals surface area contributed by atoms with Crippen molar-refractivity contribution in [3.63, 3.8) is 0 Å². The van der Waals surface area contributed by atoms with Gasteiger partial charge in [-0.15, -0.1) is 0 Å². The van der Waals surface area contributed by atoms with Crippen molar-refractivity contribution in [3.05, 3.63) is 29.8 Å². The number of anilines is 1. The van der Waals surface area contributed by atoms with Crippen molar-refractivity contribution in [2.24, 2.45) is 5.92 Å². The highest BCUT2D eigenvalue weighted by Gasteiger charge is 2.21. The molecule has 1 fully saturated rings. The number of halogens is 2. The molecule has 1 aromatic carbocycles. The minimum atomic E-state index is -0.993. The number of hydrogen-bond donors (Lipinski definition) is 2. The van der Waals surface area contributed by atoms with E-state index in [0.29, 0.717) is 19.1 Å². The number of hydrogen-bond acceptors (Lipinski definition) is 2. The number of urea groups is 1. The first-order chi connectivity index (χ1) is 10.6. The zero-order valence-corrected chi connectivity index (χ0v) is 12.7. The van der Waals surface area contributed by atoms with Gasteiger partial charge >= 0.3 is 6.03 Å². The first-order valence-corrected chi connectivity index (χ1v) is 7.68. The highest BCUT2D eigenvalue weighted by molar-refractivity contribution is 5.89. The summed E-state index contributed by atoms with van der Waals surface area (Å²) >= 11 is 0. The second-order valence-corrected chi connectivity index (χ2v) is 5.68. The van der Waals surface area contributed by atoms with Crippen molar-refractivity contribution in [3.8, 4) is 0 Å². The molecule has 0 saturated heterocycles. The Morgan fingerprint density at radius 1 is 1.27 bits per heavy atom. The molecule has 4 nitrogen and oxygen atoms in total. The Bertz CT molecular complexity index is 511.